The molecule has 4 aliphatic rings. The van der Waals surface area contributed by atoms with Gasteiger partial charge >= 0.3 is 0 Å². The van der Waals surface area contributed by atoms with Crippen molar-refractivity contribution in [2.24, 2.45) is 34.5 Å². The number of likely N-dealkylation sites (tertiary alicyclic amines) is 1. The number of halogens is 1. The van der Waals surface area contributed by atoms with Gasteiger partial charge in [0.15, 0.2) is 0 Å². The second-order valence-electron chi connectivity index (χ2n) is 11.3. The summed E-state index contributed by atoms with van der Waals surface area (Å²) >= 11 is 6.39. The van der Waals surface area contributed by atoms with Crippen molar-refractivity contribution in [1.29, 1.82) is 0 Å². The van der Waals surface area contributed by atoms with E-state index in [-0.39, 0.29) is 11.5 Å². The van der Waals surface area contributed by atoms with E-state index in [1.165, 1.54) is 12.8 Å². The van der Waals surface area contributed by atoms with Crippen LogP contribution in [0.25, 0.3) is 0 Å². The molecule has 1 aromatic rings. The maximum absolute atomic E-state index is 12.4. The molecular formula is C26H36ClNO2. The van der Waals surface area contributed by atoms with Crippen molar-refractivity contribution in [1.82, 2.24) is 4.90 Å². The van der Waals surface area contributed by atoms with E-state index >= 15 is 0 Å². The number of hydrogen-bond acceptors (Lipinski definition) is 2. The summed E-state index contributed by atoms with van der Waals surface area (Å²) in [5.74, 6) is 4.01. The molecule has 0 spiro atoms. The Morgan fingerprint density at radius 3 is 2.67 bits per heavy atom. The van der Waals surface area contributed by atoms with Crippen LogP contribution in [0.2, 0.25) is 5.02 Å². The molecule has 0 radical (unpaired) electrons. The van der Waals surface area contributed by atoms with Crippen LogP contribution in [0.4, 0.5) is 0 Å². The monoisotopic (exact) mass is 429 g/mol. The predicted molar refractivity (Wildman–Crippen MR) is 121 cm³/mol. The maximum atomic E-state index is 12.4. The molecule has 8 atom stereocenters. The summed E-state index contributed by atoms with van der Waals surface area (Å²) in [5.41, 5.74) is 0.629. The fraction of sp³-hybridized carbons (Fsp3) is 0.731. The molecule has 3 saturated carbocycles. The van der Waals surface area contributed by atoms with E-state index < -0.39 is 0 Å². The van der Waals surface area contributed by atoms with Gasteiger partial charge in [-0.05, 0) is 85.2 Å². The van der Waals surface area contributed by atoms with Gasteiger partial charge in [-0.15, -0.1) is 0 Å². The van der Waals surface area contributed by atoms with Crippen molar-refractivity contribution >= 4 is 17.5 Å². The highest BCUT2D eigenvalue weighted by Gasteiger charge is 2.62. The average Bonchev–Trinajstić information content (AvgIpc) is 3.04. The van der Waals surface area contributed by atoms with E-state index in [1.54, 1.807) is 0 Å². The zero-order valence-corrected chi connectivity index (χ0v) is 19.6. The molecule has 3 aliphatic carbocycles. The lowest BCUT2D eigenvalue weighted by molar-refractivity contribution is -0.164. The number of para-hydroxylation sites is 1. The number of amides is 1. The largest absolute Gasteiger partial charge is 0.489 e. The molecular weight excluding hydrogens is 394 g/mol. The molecule has 0 N–H and O–H groups in total. The summed E-state index contributed by atoms with van der Waals surface area (Å²) in [7, 11) is 2.05. The summed E-state index contributed by atoms with van der Waals surface area (Å²) in [5, 5.41) is 0.715. The van der Waals surface area contributed by atoms with E-state index in [2.05, 4.69) is 25.7 Å². The number of ether oxygens (including phenoxy) is 1. The normalized spacial score (nSPS) is 45.5. The lowest BCUT2D eigenvalue weighted by atomic mass is 9.45. The Hall–Kier alpha value is -1.22. The van der Waals surface area contributed by atoms with Gasteiger partial charge < -0.3 is 9.64 Å². The van der Waals surface area contributed by atoms with Crippen LogP contribution in [-0.4, -0.2) is 30.0 Å². The first-order valence-electron chi connectivity index (χ1n) is 11.9. The second kappa shape index (κ2) is 7.15. The number of rotatable bonds is 2. The first-order valence-corrected chi connectivity index (χ1v) is 12.3. The molecule has 1 heterocycles. The minimum Gasteiger partial charge on any atom is -0.489 e. The summed E-state index contributed by atoms with van der Waals surface area (Å²) in [6.45, 7) is 7.47. The van der Waals surface area contributed by atoms with Crippen LogP contribution >= 0.6 is 11.6 Å². The van der Waals surface area contributed by atoms with Gasteiger partial charge in [-0.25, -0.2) is 0 Å². The van der Waals surface area contributed by atoms with Crippen LogP contribution < -0.4 is 4.74 Å². The molecule has 30 heavy (non-hydrogen) atoms. The highest BCUT2D eigenvalue weighted by atomic mass is 35.5. The van der Waals surface area contributed by atoms with Gasteiger partial charge in [0.1, 0.15) is 5.75 Å². The standard InChI is InChI=1S/C26H36ClNO2/c1-16-13-22-26(3,12-10-23(29)28(22)4)18-9-11-25(2)15-17(14-19(25)24(16)18)30-21-8-6-5-7-20(21)27/h5-8,16-19,22,24H,9-15H2,1-4H3/t16?,17?,18-,19+,22?,24-,25-,26-/m1/s1. The van der Waals surface area contributed by atoms with E-state index in [9.17, 15) is 4.79 Å². The Morgan fingerprint density at radius 2 is 1.90 bits per heavy atom. The summed E-state index contributed by atoms with van der Waals surface area (Å²) in [6, 6.07) is 8.30. The third kappa shape index (κ3) is 3.02. The van der Waals surface area contributed by atoms with Gasteiger partial charge in [0.2, 0.25) is 5.91 Å². The van der Waals surface area contributed by atoms with Crippen LogP contribution in [0.5, 0.6) is 5.75 Å². The van der Waals surface area contributed by atoms with Gasteiger partial charge in [-0.2, -0.15) is 0 Å². The minimum absolute atomic E-state index is 0.256. The van der Waals surface area contributed by atoms with Crippen LogP contribution in [0.15, 0.2) is 24.3 Å². The number of benzene rings is 1. The molecule has 0 bridgehead atoms. The van der Waals surface area contributed by atoms with Gasteiger partial charge in [-0.3, -0.25) is 4.79 Å². The van der Waals surface area contributed by atoms with Gasteiger partial charge in [0.05, 0.1) is 11.1 Å². The quantitative estimate of drug-likeness (QED) is 0.560. The molecule has 3 unspecified atom stereocenters. The smallest absolute Gasteiger partial charge is 0.222 e. The molecule has 4 heteroatoms. The van der Waals surface area contributed by atoms with Gasteiger partial charge in [-0.1, -0.05) is 44.5 Å². The summed E-state index contributed by atoms with van der Waals surface area (Å²) in [6.07, 6.45) is 8.07. The Bertz CT molecular complexity index is 842. The Balaban J connectivity index is 1.41. The van der Waals surface area contributed by atoms with Crippen molar-refractivity contribution in [3.63, 3.8) is 0 Å². The Labute approximate surface area is 186 Å². The van der Waals surface area contributed by atoms with Crippen molar-refractivity contribution in [3.05, 3.63) is 29.3 Å². The molecule has 1 amide bonds. The summed E-state index contributed by atoms with van der Waals surface area (Å²) < 4.78 is 6.46. The first kappa shape index (κ1) is 20.7. The van der Waals surface area contributed by atoms with Gasteiger partial charge in [0.25, 0.3) is 0 Å². The number of piperidine rings is 1. The SMILES string of the molecule is CC1CC2N(C)C(=O)CC[C@]2(C)[C@@H]2CC[C@]3(C)CC(Oc4ccccc4Cl)C[C@H]3[C@H]12. The molecule has 3 nitrogen and oxygen atoms in total. The summed E-state index contributed by atoms with van der Waals surface area (Å²) in [4.78, 5) is 14.5. The maximum Gasteiger partial charge on any atom is 0.222 e. The Morgan fingerprint density at radius 1 is 1.13 bits per heavy atom. The molecule has 164 valence electrons. The number of carbonyl (C=O) groups excluding carboxylic acids is 1. The number of hydrogen-bond donors (Lipinski definition) is 0. The van der Waals surface area contributed by atoms with Crippen molar-refractivity contribution in [2.75, 3.05) is 7.05 Å². The third-order valence-electron chi connectivity index (χ3n) is 9.79. The van der Waals surface area contributed by atoms with E-state index in [0.717, 1.165) is 49.7 Å². The van der Waals surface area contributed by atoms with E-state index in [4.69, 9.17) is 16.3 Å². The van der Waals surface area contributed by atoms with Crippen LogP contribution in [0.1, 0.15) is 65.7 Å². The highest BCUT2D eigenvalue weighted by Crippen LogP contribution is 2.66. The molecule has 1 aliphatic heterocycles. The molecule has 5 rings (SSSR count). The van der Waals surface area contributed by atoms with Crippen LogP contribution in [-0.2, 0) is 4.79 Å². The number of nitrogens with zero attached hydrogens (tertiary/aromatic N) is 1. The zero-order chi connectivity index (χ0) is 21.3. The fourth-order valence-electron chi connectivity index (χ4n) is 8.27. The molecule has 1 saturated heterocycles. The average molecular weight is 430 g/mol. The second-order valence-corrected chi connectivity index (χ2v) is 11.7. The number of carbonyl (C=O) groups is 1. The van der Waals surface area contributed by atoms with E-state index in [1.807, 2.05) is 31.3 Å². The zero-order valence-electron chi connectivity index (χ0n) is 18.9. The van der Waals surface area contributed by atoms with Crippen LogP contribution in [0, 0.1) is 34.5 Å². The van der Waals surface area contributed by atoms with Crippen molar-refractivity contribution < 1.29 is 9.53 Å². The minimum atomic E-state index is 0.256. The predicted octanol–water partition coefficient (Wildman–Crippen LogP) is 6.20. The van der Waals surface area contributed by atoms with E-state index in [0.29, 0.717) is 34.2 Å². The first-order chi connectivity index (χ1) is 14.2. The third-order valence-corrected chi connectivity index (χ3v) is 10.1. The number of fused-ring (bicyclic) bond motifs is 5. The molecule has 1 aromatic carbocycles. The fourth-order valence-corrected chi connectivity index (χ4v) is 8.45. The lowest BCUT2D eigenvalue weighted by Gasteiger charge is -2.63. The van der Waals surface area contributed by atoms with Crippen LogP contribution in [0.3, 0.4) is 0 Å². The van der Waals surface area contributed by atoms with Gasteiger partial charge in [0, 0.05) is 19.5 Å². The molecule has 4 fully saturated rings. The topological polar surface area (TPSA) is 29.5 Å². The van der Waals surface area contributed by atoms with Crippen molar-refractivity contribution in [3.8, 4) is 5.75 Å². The Kier molecular flexibility index (Phi) is 4.93. The highest BCUT2D eigenvalue weighted by molar-refractivity contribution is 6.32. The lowest BCUT2D eigenvalue weighted by Crippen LogP contribution is -2.62. The molecule has 0 aromatic heterocycles. The van der Waals surface area contributed by atoms with Crippen molar-refractivity contribution in [2.45, 2.75) is 77.9 Å².